The molecule has 9 aromatic rings. The minimum absolute atomic E-state index is 0.129. The third-order valence-corrected chi connectivity index (χ3v) is 15.1. The van der Waals surface area contributed by atoms with Gasteiger partial charge >= 0.3 is 12.1 Å². The van der Waals surface area contributed by atoms with Crippen molar-refractivity contribution in [2.45, 2.75) is 102 Å². The van der Waals surface area contributed by atoms with E-state index in [2.05, 4.69) is 69.7 Å². The van der Waals surface area contributed by atoms with E-state index in [9.17, 15) is 19.2 Å². The van der Waals surface area contributed by atoms with Gasteiger partial charge in [0.15, 0.2) is 0 Å². The maximum Gasteiger partial charge on any atom is 0.424 e. The second kappa shape index (κ2) is 32.8. The molecule has 2 aliphatic carbocycles. The molecule has 3 amide bonds. The van der Waals surface area contributed by atoms with Crippen molar-refractivity contribution in [3.05, 3.63) is 259 Å². The molecule has 87 heavy (non-hydrogen) atoms. The van der Waals surface area contributed by atoms with Crippen molar-refractivity contribution in [3.8, 4) is 28.3 Å². The van der Waals surface area contributed by atoms with Gasteiger partial charge in [0, 0.05) is 53.8 Å². The van der Waals surface area contributed by atoms with Crippen molar-refractivity contribution in [1.29, 1.82) is 0 Å². The largest absolute Gasteiger partial charge is 0.424 e. The number of ether oxygens (including phenoxy) is 3. The van der Waals surface area contributed by atoms with E-state index in [0.29, 0.717) is 52.6 Å². The molecule has 0 radical (unpaired) electrons. The van der Waals surface area contributed by atoms with Crippen molar-refractivity contribution in [1.82, 2.24) is 40.3 Å². The molecule has 7 aromatic carbocycles. The predicted molar refractivity (Wildman–Crippen MR) is 333 cm³/mol. The Bertz CT molecular complexity index is 3540. The van der Waals surface area contributed by atoms with Gasteiger partial charge in [0.1, 0.15) is 18.4 Å². The molecule has 17 nitrogen and oxygen atoms in total. The first kappa shape index (κ1) is 62.2. The summed E-state index contributed by atoms with van der Waals surface area (Å²) in [6.45, 7) is 1.91. The van der Waals surface area contributed by atoms with Crippen LogP contribution >= 0.6 is 0 Å². The number of hydrogen-bond acceptors (Lipinski definition) is 12. The summed E-state index contributed by atoms with van der Waals surface area (Å²) in [6.07, 6.45) is 14.8. The van der Waals surface area contributed by atoms with Crippen molar-refractivity contribution in [3.63, 3.8) is 0 Å². The normalized spacial score (nSPS) is 16.2. The lowest BCUT2D eigenvalue weighted by Crippen LogP contribution is -2.42. The molecule has 0 aliphatic heterocycles. The van der Waals surface area contributed by atoms with Crippen LogP contribution in [0.3, 0.4) is 0 Å². The van der Waals surface area contributed by atoms with Crippen molar-refractivity contribution in [2.24, 2.45) is 0 Å². The van der Waals surface area contributed by atoms with Gasteiger partial charge in [0.2, 0.25) is 0 Å². The molecule has 2 aromatic heterocycles. The van der Waals surface area contributed by atoms with Crippen LogP contribution in [0.5, 0.6) is 5.75 Å². The van der Waals surface area contributed by atoms with Crippen LogP contribution in [0.2, 0.25) is 0 Å². The van der Waals surface area contributed by atoms with E-state index in [1.54, 1.807) is 84.0 Å². The first-order valence-electron chi connectivity index (χ1n) is 29.4. The Morgan fingerprint density at radius 3 is 1.33 bits per heavy atom. The van der Waals surface area contributed by atoms with Crippen LogP contribution in [-0.4, -0.2) is 86.3 Å². The number of nitrogens with zero attached hydrogens (tertiary/aromatic N) is 5. The first-order valence-corrected chi connectivity index (χ1v) is 29.4. The molecule has 2 aliphatic rings. The van der Waals surface area contributed by atoms with Crippen LogP contribution < -0.4 is 21.0 Å². The fraction of sp³-hybridized carbons (Fsp3) is 0.257. The van der Waals surface area contributed by atoms with E-state index < -0.39 is 6.09 Å². The van der Waals surface area contributed by atoms with Gasteiger partial charge in [-0.25, -0.2) is 35.1 Å². The Labute approximate surface area is 508 Å². The number of hydroxylamine groups is 2. The average molecular weight is 1170 g/mol. The van der Waals surface area contributed by atoms with Gasteiger partial charge in [-0.05, 0) is 117 Å². The minimum Gasteiger partial charge on any atom is -0.410 e. The molecule has 11 rings (SSSR count). The number of carbonyl (C=O) groups is 4. The molecule has 0 bridgehead atoms. The van der Waals surface area contributed by atoms with Crippen molar-refractivity contribution < 1.29 is 43.1 Å². The smallest absolute Gasteiger partial charge is 0.410 e. The summed E-state index contributed by atoms with van der Waals surface area (Å²) in [6, 6.07) is 63.2. The molecular weight excluding hydrogens is 1100 g/mol. The van der Waals surface area contributed by atoms with Gasteiger partial charge in [-0.1, -0.05) is 164 Å². The van der Waals surface area contributed by atoms with Gasteiger partial charge < -0.3 is 24.4 Å². The van der Waals surface area contributed by atoms with Crippen LogP contribution in [-0.2, 0) is 45.6 Å². The molecule has 2 saturated carbocycles. The van der Waals surface area contributed by atoms with Gasteiger partial charge in [0.25, 0.3) is 11.8 Å². The Kier molecular flexibility index (Phi) is 23.4. The zero-order chi connectivity index (χ0) is 60.4. The molecule has 448 valence electrons. The number of hydrogen-bond donors (Lipinski definition) is 3. The summed E-state index contributed by atoms with van der Waals surface area (Å²) in [5.74, 6) is -0.283. The van der Waals surface area contributed by atoms with E-state index in [1.165, 1.54) is 58.6 Å². The summed E-state index contributed by atoms with van der Waals surface area (Å²) in [5, 5.41) is 3.34. The van der Waals surface area contributed by atoms with Crippen molar-refractivity contribution in [2.75, 3.05) is 14.1 Å². The fourth-order valence-corrected chi connectivity index (χ4v) is 10.1. The number of aromatic nitrogens is 4. The fourth-order valence-electron chi connectivity index (χ4n) is 10.1. The molecule has 0 atom stereocenters. The van der Waals surface area contributed by atoms with Crippen molar-refractivity contribution >= 4 is 23.9 Å². The molecule has 0 saturated heterocycles. The summed E-state index contributed by atoms with van der Waals surface area (Å²) >= 11 is 0. The second-order valence-corrected chi connectivity index (χ2v) is 21.3. The Morgan fingerprint density at radius 1 is 0.483 bits per heavy atom. The van der Waals surface area contributed by atoms with Crippen LogP contribution in [0.1, 0.15) is 94.3 Å². The molecule has 0 spiro atoms. The summed E-state index contributed by atoms with van der Waals surface area (Å²) < 4.78 is 20.1. The molecule has 17 heteroatoms. The average Bonchev–Trinajstić information content (AvgIpc) is 4.40. The van der Waals surface area contributed by atoms with E-state index >= 15 is 0 Å². The SMILES string of the molecule is CN(C(=O)n1cnc(-c2cccc(C(=O)NOCc3ccccc3)c2)c1)C1CCC(OCc2ccccc2)CC1.CNC1CCC(OCc2ccccc2)CC1.O=C(NOCc1ccccc1)c1cccc(-c2cn(C(=O)Oc3ccccc3)cn2)c1. The molecule has 2 heterocycles. The lowest BCUT2D eigenvalue weighted by Gasteiger charge is -2.34. The maximum absolute atomic E-state index is 13.2. The highest BCUT2D eigenvalue weighted by atomic mass is 16.7. The van der Waals surface area contributed by atoms with Gasteiger partial charge in [-0.3, -0.25) is 23.8 Å². The Balaban J connectivity index is 0.000000169. The Hall–Kier alpha value is -9.36. The number of carbonyl (C=O) groups excluding carboxylic acids is 4. The summed E-state index contributed by atoms with van der Waals surface area (Å²) in [5.41, 5.74) is 12.7. The number of imidazole rings is 2. The highest BCUT2D eigenvalue weighted by molar-refractivity contribution is 5.95. The monoisotopic (exact) mass is 1170 g/mol. The van der Waals surface area contributed by atoms with E-state index in [4.69, 9.17) is 23.9 Å². The minimum atomic E-state index is -0.576. The number of nitrogens with one attached hydrogen (secondary N) is 3. The lowest BCUT2D eigenvalue weighted by molar-refractivity contribution is 0.00403. The number of amides is 3. The zero-order valence-corrected chi connectivity index (χ0v) is 49.1. The maximum atomic E-state index is 13.2. The molecule has 3 N–H and O–H groups in total. The third-order valence-electron chi connectivity index (χ3n) is 15.1. The molecule has 2 fully saturated rings. The molecular formula is C70H74N8O9. The number of para-hydroxylation sites is 1. The highest BCUT2D eigenvalue weighted by Gasteiger charge is 2.28. The van der Waals surface area contributed by atoms with Crippen LogP contribution in [0.25, 0.3) is 22.5 Å². The van der Waals surface area contributed by atoms with Gasteiger partial charge in [-0.2, -0.15) is 0 Å². The van der Waals surface area contributed by atoms with Crippen LogP contribution in [0, 0.1) is 0 Å². The second-order valence-electron chi connectivity index (χ2n) is 21.3. The first-order chi connectivity index (χ1) is 42.6. The van der Waals surface area contributed by atoms with E-state index in [-0.39, 0.29) is 43.2 Å². The van der Waals surface area contributed by atoms with Gasteiger partial charge in [0.05, 0.1) is 50.0 Å². The standard InChI is InChI=1S/C32H34N4O4.C24H19N3O4.C14H21NO/c1-35(28-15-17-29(18-16-28)39-21-24-9-4-2-5-10-24)32(38)36-20-30(33-23-36)26-13-8-14-27(19-26)31(37)34-40-22-25-11-6-3-7-12-25;28-23(26-30-16-18-8-3-1-4-9-18)20-11-7-10-19(14-20)22-15-27(17-25-22)24(29)31-21-12-5-2-6-13-21;1-15-13-7-9-14(10-8-13)16-11-12-5-3-2-4-6-12/h2-14,19-20,23,28-29H,15-18,21-22H2,1H3,(H,34,37);1-15,17H,16H2,(H,26,28);2-6,13-15H,7-11H2,1H3. The van der Waals surface area contributed by atoms with Crippen LogP contribution in [0.4, 0.5) is 9.59 Å². The van der Waals surface area contributed by atoms with E-state index in [1.807, 2.05) is 104 Å². The van der Waals surface area contributed by atoms with E-state index in [0.717, 1.165) is 49.0 Å². The lowest BCUT2D eigenvalue weighted by atomic mass is 9.92. The quantitative estimate of drug-likeness (QED) is 0.0651. The zero-order valence-electron chi connectivity index (χ0n) is 49.1. The topological polar surface area (TPSA) is 189 Å². The predicted octanol–water partition coefficient (Wildman–Crippen LogP) is 13.0. The number of benzene rings is 7. The Morgan fingerprint density at radius 2 is 0.885 bits per heavy atom. The number of rotatable bonds is 19. The third kappa shape index (κ3) is 19.3. The van der Waals surface area contributed by atoms with Crippen LogP contribution in [0.15, 0.2) is 225 Å². The summed E-state index contributed by atoms with van der Waals surface area (Å²) in [4.78, 5) is 71.7. The summed E-state index contributed by atoms with van der Waals surface area (Å²) in [7, 11) is 3.90. The molecule has 0 unspecified atom stereocenters. The highest BCUT2D eigenvalue weighted by Crippen LogP contribution is 2.27. The van der Waals surface area contributed by atoms with Gasteiger partial charge in [-0.15, -0.1) is 0 Å².